The lowest BCUT2D eigenvalue weighted by atomic mass is 10.1. The van der Waals surface area contributed by atoms with E-state index >= 15 is 0 Å². The Labute approximate surface area is 86.4 Å². The number of nitrogens with two attached hydrogens (primary N) is 1. The summed E-state index contributed by atoms with van der Waals surface area (Å²) < 4.78 is 0. The summed E-state index contributed by atoms with van der Waals surface area (Å²) in [6, 6.07) is -0.308. The Morgan fingerprint density at radius 1 is 1.57 bits per heavy atom. The highest BCUT2D eigenvalue weighted by Gasteiger charge is 2.37. The highest BCUT2D eigenvalue weighted by molar-refractivity contribution is 5.81. The first-order valence-corrected chi connectivity index (χ1v) is 5.61. The molecular weight excluding hydrogens is 176 g/mol. The zero-order chi connectivity index (χ0) is 10.6. The predicted octanol–water partition coefficient (Wildman–Crippen LogP) is 1.42. The van der Waals surface area contributed by atoms with Crippen molar-refractivity contribution in [1.82, 2.24) is 5.32 Å². The molecule has 1 amide bonds. The minimum absolute atomic E-state index is 0.0200. The smallest absolute Gasteiger partial charge is 0.236 e. The molecule has 0 aliphatic heterocycles. The molecule has 0 radical (unpaired) electrons. The van der Waals surface area contributed by atoms with Crippen LogP contribution >= 0.6 is 0 Å². The first-order chi connectivity index (χ1) is 6.57. The van der Waals surface area contributed by atoms with E-state index in [-0.39, 0.29) is 11.9 Å². The summed E-state index contributed by atoms with van der Waals surface area (Å²) in [5, 5.41) is 2.93. The molecule has 3 heteroatoms. The molecule has 0 aromatic rings. The van der Waals surface area contributed by atoms with Gasteiger partial charge in [0.15, 0.2) is 0 Å². The van der Waals surface area contributed by atoms with E-state index < -0.39 is 0 Å². The summed E-state index contributed by atoms with van der Waals surface area (Å²) in [6.07, 6.45) is 5.40. The highest BCUT2D eigenvalue weighted by atomic mass is 16.2. The quantitative estimate of drug-likeness (QED) is 0.678. The summed E-state index contributed by atoms with van der Waals surface area (Å²) in [6.45, 7) is 5.10. The third-order valence-corrected chi connectivity index (χ3v) is 3.00. The lowest BCUT2D eigenvalue weighted by molar-refractivity contribution is -0.122. The third kappa shape index (κ3) is 3.66. The van der Waals surface area contributed by atoms with Crippen LogP contribution in [-0.2, 0) is 4.79 Å². The fraction of sp³-hybridized carbons (Fsp3) is 0.909. The first-order valence-electron chi connectivity index (χ1n) is 5.61. The summed E-state index contributed by atoms with van der Waals surface area (Å²) >= 11 is 0. The molecule has 82 valence electrons. The van der Waals surface area contributed by atoms with E-state index in [1.807, 2.05) is 0 Å². The third-order valence-electron chi connectivity index (χ3n) is 3.00. The number of amides is 1. The van der Waals surface area contributed by atoms with E-state index in [1.54, 1.807) is 0 Å². The molecule has 0 aromatic heterocycles. The van der Waals surface area contributed by atoms with Gasteiger partial charge in [-0.3, -0.25) is 4.79 Å². The number of hydrogen-bond donors (Lipinski definition) is 2. The fourth-order valence-electron chi connectivity index (χ4n) is 1.38. The Bertz CT molecular complexity index is 199. The maximum absolute atomic E-state index is 11.5. The van der Waals surface area contributed by atoms with E-state index in [0.29, 0.717) is 5.41 Å². The fourth-order valence-corrected chi connectivity index (χ4v) is 1.38. The second-order valence-electron chi connectivity index (χ2n) is 4.78. The van der Waals surface area contributed by atoms with Crippen molar-refractivity contribution >= 4 is 5.91 Å². The van der Waals surface area contributed by atoms with Crippen molar-refractivity contribution < 1.29 is 4.79 Å². The van der Waals surface area contributed by atoms with Crippen LogP contribution in [0.3, 0.4) is 0 Å². The Morgan fingerprint density at radius 2 is 2.21 bits per heavy atom. The molecule has 1 aliphatic carbocycles. The van der Waals surface area contributed by atoms with Gasteiger partial charge in [0, 0.05) is 6.54 Å². The molecule has 0 saturated heterocycles. The van der Waals surface area contributed by atoms with Gasteiger partial charge >= 0.3 is 0 Å². The summed E-state index contributed by atoms with van der Waals surface area (Å²) in [5.41, 5.74) is 6.12. The van der Waals surface area contributed by atoms with Gasteiger partial charge in [0.2, 0.25) is 5.91 Å². The first kappa shape index (κ1) is 11.5. The number of rotatable bonds is 6. The van der Waals surface area contributed by atoms with E-state index in [9.17, 15) is 4.79 Å². The molecule has 3 N–H and O–H groups in total. The molecule has 1 saturated carbocycles. The van der Waals surface area contributed by atoms with Crippen LogP contribution in [0.5, 0.6) is 0 Å². The topological polar surface area (TPSA) is 55.1 Å². The van der Waals surface area contributed by atoms with Crippen LogP contribution in [0.4, 0.5) is 0 Å². The normalized spacial score (nSPS) is 20.2. The second-order valence-corrected chi connectivity index (χ2v) is 4.78. The van der Waals surface area contributed by atoms with Crippen molar-refractivity contribution in [1.29, 1.82) is 0 Å². The van der Waals surface area contributed by atoms with Crippen molar-refractivity contribution in [3.63, 3.8) is 0 Å². The molecule has 0 aromatic carbocycles. The largest absolute Gasteiger partial charge is 0.354 e. The van der Waals surface area contributed by atoms with E-state index in [0.717, 1.165) is 25.8 Å². The summed E-state index contributed by atoms with van der Waals surface area (Å²) in [5.74, 6) is 0.0200. The van der Waals surface area contributed by atoms with E-state index in [2.05, 4.69) is 19.2 Å². The number of hydrogen-bond acceptors (Lipinski definition) is 2. The molecule has 0 spiro atoms. The number of nitrogens with one attached hydrogen (secondary N) is 1. The molecule has 3 nitrogen and oxygen atoms in total. The Balaban J connectivity index is 2.13. The minimum atomic E-state index is -0.308. The SMILES string of the molecule is CCCCC(N)C(=O)NCC1(C)CC1. The van der Waals surface area contributed by atoms with Crippen molar-refractivity contribution in [2.45, 2.75) is 52.0 Å². The average Bonchev–Trinajstić information content (AvgIpc) is 2.90. The van der Waals surface area contributed by atoms with Gasteiger partial charge in [-0.15, -0.1) is 0 Å². The van der Waals surface area contributed by atoms with Gasteiger partial charge in [-0.2, -0.15) is 0 Å². The molecule has 0 bridgehead atoms. The van der Waals surface area contributed by atoms with Gasteiger partial charge in [-0.1, -0.05) is 26.7 Å². The zero-order valence-electron chi connectivity index (χ0n) is 9.31. The maximum Gasteiger partial charge on any atom is 0.236 e. The predicted molar refractivity (Wildman–Crippen MR) is 57.9 cm³/mol. The van der Waals surface area contributed by atoms with Gasteiger partial charge in [-0.05, 0) is 24.7 Å². The monoisotopic (exact) mass is 198 g/mol. The van der Waals surface area contributed by atoms with E-state index in [1.165, 1.54) is 12.8 Å². The Morgan fingerprint density at radius 3 is 2.71 bits per heavy atom. The van der Waals surface area contributed by atoms with Crippen LogP contribution < -0.4 is 11.1 Å². The van der Waals surface area contributed by atoms with Gasteiger partial charge in [0.25, 0.3) is 0 Å². The van der Waals surface area contributed by atoms with Gasteiger partial charge in [0.05, 0.1) is 6.04 Å². The van der Waals surface area contributed by atoms with Crippen LogP contribution in [0.2, 0.25) is 0 Å². The lowest BCUT2D eigenvalue weighted by Crippen LogP contribution is -2.42. The van der Waals surface area contributed by atoms with Gasteiger partial charge in [0.1, 0.15) is 0 Å². The number of carbonyl (C=O) groups excluding carboxylic acids is 1. The molecule has 1 rings (SSSR count). The highest BCUT2D eigenvalue weighted by Crippen LogP contribution is 2.43. The van der Waals surface area contributed by atoms with Gasteiger partial charge < -0.3 is 11.1 Å². The summed E-state index contributed by atoms with van der Waals surface area (Å²) in [4.78, 5) is 11.5. The van der Waals surface area contributed by atoms with Crippen LogP contribution in [0.15, 0.2) is 0 Å². The average molecular weight is 198 g/mol. The van der Waals surface area contributed by atoms with Crippen molar-refractivity contribution in [2.75, 3.05) is 6.54 Å². The number of carbonyl (C=O) groups is 1. The molecular formula is C11H22N2O. The van der Waals surface area contributed by atoms with Crippen molar-refractivity contribution in [3.8, 4) is 0 Å². The van der Waals surface area contributed by atoms with Crippen LogP contribution in [-0.4, -0.2) is 18.5 Å². The zero-order valence-corrected chi connectivity index (χ0v) is 9.31. The molecule has 1 aliphatic rings. The van der Waals surface area contributed by atoms with Crippen LogP contribution in [0, 0.1) is 5.41 Å². The maximum atomic E-state index is 11.5. The van der Waals surface area contributed by atoms with Crippen LogP contribution in [0.25, 0.3) is 0 Å². The second kappa shape index (κ2) is 4.78. The molecule has 14 heavy (non-hydrogen) atoms. The molecule has 1 fully saturated rings. The van der Waals surface area contributed by atoms with Crippen molar-refractivity contribution in [2.24, 2.45) is 11.1 Å². The molecule has 0 heterocycles. The Hall–Kier alpha value is -0.570. The minimum Gasteiger partial charge on any atom is -0.354 e. The number of unbranched alkanes of at least 4 members (excludes halogenated alkanes) is 1. The molecule has 1 unspecified atom stereocenters. The van der Waals surface area contributed by atoms with Gasteiger partial charge in [-0.25, -0.2) is 0 Å². The standard InChI is InChI=1S/C11H22N2O/c1-3-4-5-9(12)10(14)13-8-11(2)6-7-11/h9H,3-8,12H2,1-2H3,(H,13,14). The van der Waals surface area contributed by atoms with E-state index in [4.69, 9.17) is 5.73 Å². The van der Waals surface area contributed by atoms with Crippen LogP contribution in [0.1, 0.15) is 46.0 Å². The molecule has 1 atom stereocenters. The summed E-state index contributed by atoms with van der Waals surface area (Å²) in [7, 11) is 0. The van der Waals surface area contributed by atoms with Crippen molar-refractivity contribution in [3.05, 3.63) is 0 Å². The Kier molecular flexibility index (Phi) is 3.93. The lowest BCUT2D eigenvalue weighted by Gasteiger charge is -2.14.